The fraction of sp³-hybridized carbons (Fsp3) is 0.800. The first kappa shape index (κ1) is 9.43. The first-order valence-electron chi connectivity index (χ1n) is 4.88. The van der Waals surface area contributed by atoms with E-state index in [1.165, 1.54) is 25.7 Å². The Morgan fingerprint density at radius 1 is 1.08 bits per heavy atom. The average molecular weight is 168 g/mol. The minimum atomic E-state index is 0.608. The summed E-state index contributed by atoms with van der Waals surface area (Å²) in [6.45, 7) is 2.25. The monoisotopic (exact) mass is 168 g/mol. The first-order valence-corrected chi connectivity index (χ1v) is 4.88. The topological polar surface area (TPSA) is 6.48 Å². The summed E-state index contributed by atoms with van der Waals surface area (Å²) in [6.07, 6.45) is 10.2. The van der Waals surface area contributed by atoms with E-state index in [4.69, 9.17) is 0 Å². The summed E-state index contributed by atoms with van der Waals surface area (Å²) in [4.78, 5) is 4.57. The Labute approximate surface area is 75.8 Å². The van der Waals surface area contributed by atoms with Gasteiger partial charge in [-0.2, -0.15) is 0 Å². The second kappa shape index (κ2) is 4.39. The molecule has 0 unspecified atom stereocenters. The van der Waals surface area contributed by atoms with Gasteiger partial charge >= 0.3 is 0 Å². The molecule has 0 radical (unpaired) electrons. The molecule has 70 valence electrons. The Balaban J connectivity index is 2.23. The van der Waals surface area contributed by atoms with Crippen molar-refractivity contribution in [3.8, 4) is 0 Å². The number of hydrogen-bond donors (Lipinski definition) is 0. The van der Waals surface area contributed by atoms with E-state index in [1.54, 1.807) is 0 Å². The molecule has 1 aliphatic rings. The van der Waals surface area contributed by atoms with Crippen molar-refractivity contribution in [1.29, 1.82) is 0 Å². The summed E-state index contributed by atoms with van der Waals surface area (Å²) >= 11 is 0. The largest absolute Gasteiger partial charge is 0.359 e. The maximum absolute atomic E-state index is 2.29. The van der Waals surface area contributed by atoms with Crippen molar-refractivity contribution in [2.75, 3.05) is 14.1 Å². The predicted octanol–water partition coefficient (Wildman–Crippen LogP) is 2.24. The average Bonchev–Trinajstić information content (AvgIpc) is 2.35. The number of unbranched alkanes of at least 4 members (excludes halogenated alkanes) is 2. The molecule has 0 amide bonds. The van der Waals surface area contributed by atoms with Crippen molar-refractivity contribution < 1.29 is 0 Å². The predicted molar refractivity (Wildman–Crippen MR) is 52.6 cm³/mol. The number of rotatable bonds is 4. The zero-order valence-corrected chi connectivity index (χ0v) is 8.45. The second-order valence-corrected chi connectivity index (χ2v) is 3.61. The third-order valence-corrected chi connectivity index (χ3v) is 2.54. The molecule has 0 aromatic carbocycles. The normalized spacial score (nSPS) is 17.9. The maximum atomic E-state index is 2.29. The van der Waals surface area contributed by atoms with Gasteiger partial charge in [-0.3, -0.25) is 0 Å². The van der Waals surface area contributed by atoms with Gasteiger partial charge in [0.15, 0.2) is 0 Å². The van der Waals surface area contributed by atoms with Crippen molar-refractivity contribution >= 4 is 0 Å². The van der Waals surface area contributed by atoms with Crippen LogP contribution in [0.1, 0.15) is 32.6 Å². The first-order chi connectivity index (χ1) is 5.75. The van der Waals surface area contributed by atoms with Gasteiger partial charge in [0.1, 0.15) is 6.17 Å². The van der Waals surface area contributed by atoms with Crippen LogP contribution >= 0.6 is 0 Å². The van der Waals surface area contributed by atoms with Gasteiger partial charge in [0.2, 0.25) is 0 Å². The van der Waals surface area contributed by atoms with Crippen LogP contribution in [0.4, 0.5) is 0 Å². The molecule has 2 nitrogen and oxygen atoms in total. The lowest BCUT2D eigenvalue weighted by atomic mass is 10.1. The second-order valence-electron chi connectivity index (χ2n) is 3.61. The smallest absolute Gasteiger partial charge is 0.100 e. The summed E-state index contributed by atoms with van der Waals surface area (Å²) < 4.78 is 0. The molecule has 0 aromatic heterocycles. The SMILES string of the molecule is CCCCCC1N(C)C=CN1C. The van der Waals surface area contributed by atoms with Crippen molar-refractivity contribution in [3.05, 3.63) is 12.4 Å². The molecule has 0 aromatic rings. The van der Waals surface area contributed by atoms with E-state index in [9.17, 15) is 0 Å². The minimum Gasteiger partial charge on any atom is -0.359 e. The van der Waals surface area contributed by atoms with Crippen molar-refractivity contribution in [1.82, 2.24) is 9.80 Å². The van der Waals surface area contributed by atoms with Gasteiger partial charge in [-0.1, -0.05) is 19.8 Å². The summed E-state index contributed by atoms with van der Waals surface area (Å²) in [5.74, 6) is 0. The standard InChI is InChI=1S/C10H20N2/c1-4-5-6-7-10-11(2)8-9-12(10)3/h8-10H,4-7H2,1-3H3. The summed E-state index contributed by atoms with van der Waals surface area (Å²) in [6, 6.07) is 0. The molecule has 0 bridgehead atoms. The molecule has 12 heavy (non-hydrogen) atoms. The van der Waals surface area contributed by atoms with Gasteiger partial charge in [-0.05, 0) is 12.8 Å². The fourth-order valence-corrected chi connectivity index (χ4v) is 1.68. The molecule has 0 spiro atoms. The third kappa shape index (κ3) is 2.16. The molecule has 1 aliphatic heterocycles. The molecule has 0 saturated carbocycles. The van der Waals surface area contributed by atoms with Crippen LogP contribution in [-0.2, 0) is 0 Å². The zero-order valence-electron chi connectivity index (χ0n) is 8.45. The van der Waals surface area contributed by atoms with E-state index in [-0.39, 0.29) is 0 Å². The number of hydrogen-bond acceptors (Lipinski definition) is 2. The van der Waals surface area contributed by atoms with Crippen LogP contribution in [0.3, 0.4) is 0 Å². The lowest BCUT2D eigenvalue weighted by molar-refractivity contribution is 0.188. The van der Waals surface area contributed by atoms with E-state index >= 15 is 0 Å². The summed E-state index contributed by atoms with van der Waals surface area (Å²) in [5, 5.41) is 0. The molecule has 0 fully saturated rings. The van der Waals surface area contributed by atoms with E-state index in [2.05, 4.69) is 43.2 Å². The molecule has 0 atom stereocenters. The third-order valence-electron chi connectivity index (χ3n) is 2.54. The fourth-order valence-electron chi connectivity index (χ4n) is 1.68. The highest BCUT2D eigenvalue weighted by Crippen LogP contribution is 2.17. The van der Waals surface area contributed by atoms with Crippen LogP contribution < -0.4 is 0 Å². The quantitative estimate of drug-likeness (QED) is 0.594. The van der Waals surface area contributed by atoms with Crippen LogP contribution in [-0.4, -0.2) is 30.1 Å². The molecule has 0 N–H and O–H groups in total. The Morgan fingerprint density at radius 2 is 1.67 bits per heavy atom. The van der Waals surface area contributed by atoms with Crippen LogP contribution in [0.5, 0.6) is 0 Å². The van der Waals surface area contributed by atoms with Crippen LogP contribution in [0, 0.1) is 0 Å². The van der Waals surface area contributed by atoms with Crippen molar-refractivity contribution in [2.45, 2.75) is 38.8 Å². The highest BCUT2D eigenvalue weighted by Gasteiger charge is 2.18. The van der Waals surface area contributed by atoms with Gasteiger partial charge in [0, 0.05) is 26.5 Å². The minimum absolute atomic E-state index is 0.608. The van der Waals surface area contributed by atoms with Crippen LogP contribution in [0.15, 0.2) is 12.4 Å². The molecule has 2 heteroatoms. The van der Waals surface area contributed by atoms with Crippen LogP contribution in [0.2, 0.25) is 0 Å². The van der Waals surface area contributed by atoms with Crippen molar-refractivity contribution in [2.24, 2.45) is 0 Å². The van der Waals surface area contributed by atoms with Gasteiger partial charge in [0.25, 0.3) is 0 Å². The Bertz CT molecular complexity index is 142. The zero-order chi connectivity index (χ0) is 8.97. The van der Waals surface area contributed by atoms with E-state index in [1.807, 2.05) is 0 Å². The lowest BCUT2D eigenvalue weighted by Gasteiger charge is -2.27. The van der Waals surface area contributed by atoms with Gasteiger partial charge in [0.05, 0.1) is 0 Å². The molecular formula is C10H20N2. The molecule has 0 saturated heterocycles. The van der Waals surface area contributed by atoms with E-state index < -0.39 is 0 Å². The van der Waals surface area contributed by atoms with E-state index in [0.29, 0.717) is 6.17 Å². The Hall–Kier alpha value is -0.660. The lowest BCUT2D eigenvalue weighted by Crippen LogP contribution is -2.33. The van der Waals surface area contributed by atoms with E-state index in [0.717, 1.165) is 0 Å². The Morgan fingerprint density at radius 3 is 2.17 bits per heavy atom. The molecular weight excluding hydrogens is 148 g/mol. The van der Waals surface area contributed by atoms with Crippen molar-refractivity contribution in [3.63, 3.8) is 0 Å². The maximum Gasteiger partial charge on any atom is 0.100 e. The molecule has 0 aliphatic carbocycles. The molecule has 1 heterocycles. The highest BCUT2D eigenvalue weighted by atomic mass is 15.4. The summed E-state index contributed by atoms with van der Waals surface area (Å²) in [7, 11) is 4.30. The van der Waals surface area contributed by atoms with Gasteiger partial charge in [-0.15, -0.1) is 0 Å². The molecule has 1 rings (SSSR count). The van der Waals surface area contributed by atoms with Gasteiger partial charge in [-0.25, -0.2) is 0 Å². The number of nitrogens with zero attached hydrogens (tertiary/aromatic N) is 2. The van der Waals surface area contributed by atoms with Crippen LogP contribution in [0.25, 0.3) is 0 Å². The highest BCUT2D eigenvalue weighted by molar-refractivity contribution is 4.93. The van der Waals surface area contributed by atoms with Gasteiger partial charge < -0.3 is 9.80 Å². The summed E-state index contributed by atoms with van der Waals surface area (Å²) in [5.41, 5.74) is 0. The Kier molecular flexibility index (Phi) is 3.45.